The third kappa shape index (κ3) is 5.87. The second-order valence-electron chi connectivity index (χ2n) is 18.3. The first-order valence-corrected chi connectivity index (χ1v) is 36.6. The molecule has 2 unspecified atom stereocenters. The van der Waals surface area contributed by atoms with Crippen LogP contribution in [0.3, 0.4) is 0 Å². The van der Waals surface area contributed by atoms with E-state index in [0.29, 0.717) is 19.2 Å². The topological polar surface area (TPSA) is 0 Å². The first-order chi connectivity index (χ1) is 22.4. The molecule has 2 atom stereocenters. The zero-order chi connectivity index (χ0) is 34.8. The molecule has 0 radical (unpaired) electrons. The van der Waals surface area contributed by atoms with E-state index in [4.69, 9.17) is 0 Å². The Kier molecular flexibility index (Phi) is 9.07. The Morgan fingerprint density at radius 2 is 0.875 bits per heavy atom. The maximum absolute atomic E-state index is 4.17. The van der Waals surface area contributed by atoms with Gasteiger partial charge < -0.3 is 0 Å². The Morgan fingerprint density at radius 1 is 0.521 bits per heavy atom. The molecule has 4 aromatic rings. The minimum atomic E-state index is -4.17. The van der Waals surface area contributed by atoms with Crippen LogP contribution in [0.15, 0.2) is 97.1 Å². The molecule has 0 aromatic heterocycles. The van der Waals surface area contributed by atoms with E-state index in [1.54, 1.807) is 11.1 Å². The molecule has 0 amide bonds. The number of hydrogen-bond acceptors (Lipinski definition) is 0. The molecule has 6 rings (SSSR count). The van der Waals surface area contributed by atoms with Gasteiger partial charge in [0.05, 0.1) is 0 Å². The summed E-state index contributed by atoms with van der Waals surface area (Å²) in [6.45, 7) is 24.6. The molecule has 0 bridgehead atoms. The molecule has 0 spiro atoms. The van der Waals surface area contributed by atoms with Gasteiger partial charge in [-0.05, 0) is 0 Å². The van der Waals surface area contributed by atoms with Crippen molar-refractivity contribution in [1.29, 1.82) is 0 Å². The second-order valence-corrected chi connectivity index (χ2v) is 63.6. The summed E-state index contributed by atoms with van der Waals surface area (Å²) in [5, 5.41) is 0.508. The molecule has 48 heavy (non-hydrogen) atoms. The third-order valence-electron chi connectivity index (χ3n) is 11.8. The molecule has 0 heterocycles. The van der Waals surface area contributed by atoms with Crippen LogP contribution in [0.5, 0.6) is 0 Å². The maximum atomic E-state index is 2.91. The summed E-state index contributed by atoms with van der Waals surface area (Å²) < 4.78 is 6.80. The van der Waals surface area contributed by atoms with E-state index in [2.05, 4.69) is 188 Å². The van der Waals surface area contributed by atoms with Crippen LogP contribution in [0, 0.1) is 0 Å². The molecular weight excluding hydrogens is 759 g/mol. The molecule has 2 aliphatic rings. The van der Waals surface area contributed by atoms with Crippen molar-refractivity contribution in [3.8, 4) is 22.3 Å². The molecule has 2 aliphatic carbocycles. The van der Waals surface area contributed by atoms with Crippen LogP contribution in [0.4, 0.5) is 0 Å². The van der Waals surface area contributed by atoms with E-state index in [1.807, 2.05) is 0 Å². The van der Waals surface area contributed by atoms with Crippen LogP contribution in [0.25, 0.3) is 34.4 Å². The Hall–Kier alpha value is -2.55. The average molecular weight is 818 g/mol. The molecule has 0 saturated carbocycles. The van der Waals surface area contributed by atoms with E-state index >= 15 is 0 Å². The first-order valence-electron chi connectivity index (χ1n) is 18.3. The van der Waals surface area contributed by atoms with Gasteiger partial charge in [-0.1, -0.05) is 0 Å². The number of fused-ring (bicyclic) bond motifs is 2. The minimum absolute atomic E-state index is 0.254. The third-order valence-corrected chi connectivity index (χ3v) is 72.0. The Bertz CT molecular complexity index is 1840. The van der Waals surface area contributed by atoms with Crippen molar-refractivity contribution in [3.05, 3.63) is 130 Å². The monoisotopic (exact) mass is 818 g/mol. The van der Waals surface area contributed by atoms with Crippen LogP contribution >= 0.6 is 0 Å². The van der Waals surface area contributed by atoms with Crippen molar-refractivity contribution in [3.63, 3.8) is 0 Å². The predicted octanol–water partition coefficient (Wildman–Crippen LogP) is 14.5. The van der Waals surface area contributed by atoms with Crippen LogP contribution in [0.1, 0.15) is 122 Å². The van der Waals surface area contributed by atoms with Crippen LogP contribution < -0.4 is 0 Å². The Labute approximate surface area is 293 Å². The molecule has 0 fully saturated rings. The van der Waals surface area contributed by atoms with Gasteiger partial charge in [0.15, 0.2) is 0 Å². The molecule has 4 aromatic carbocycles. The van der Waals surface area contributed by atoms with Crippen LogP contribution in [-0.4, -0.2) is 5.49 Å². The van der Waals surface area contributed by atoms with Crippen molar-refractivity contribution in [1.82, 2.24) is 0 Å². The fourth-order valence-electron chi connectivity index (χ4n) is 10.8. The van der Waals surface area contributed by atoms with Gasteiger partial charge in [-0.25, -0.2) is 0 Å². The first kappa shape index (κ1) is 35.3. The van der Waals surface area contributed by atoms with Crippen LogP contribution in [-0.2, 0) is 17.1 Å². The molecule has 0 nitrogen and oxygen atoms in total. The summed E-state index contributed by atoms with van der Waals surface area (Å²) >= 11 is -4.17. The zero-order valence-electron chi connectivity index (χ0n) is 31.7. The SMILES string of the molecule is CC(C)c1ccc(-c2cccc3c2C=C[CH]3[Hf]([CH3])([CH3])([CH]2C=Cc3c(-c4ccc(C(C)C)cc4)cccc32)=[Si](C(C)(C)C)C(C)(C)C)cc1. The summed E-state index contributed by atoms with van der Waals surface area (Å²) in [6.07, 6.45) is 10.4. The molecule has 250 valence electrons. The van der Waals surface area contributed by atoms with Gasteiger partial charge in [-0.2, -0.15) is 0 Å². The Morgan fingerprint density at radius 3 is 1.19 bits per heavy atom. The quantitative estimate of drug-likeness (QED) is 0.170. The van der Waals surface area contributed by atoms with Gasteiger partial charge in [-0.15, -0.1) is 0 Å². The number of rotatable bonds is 6. The van der Waals surface area contributed by atoms with Gasteiger partial charge in [0.25, 0.3) is 0 Å². The van der Waals surface area contributed by atoms with Gasteiger partial charge in [0.2, 0.25) is 0 Å². The molecule has 0 N–H and O–H groups in total. The standard InChI is InChI=1S/2C18H17.C8H18Si.2CH3.Hf/c2*1-13(2)14-9-11-16(12-10-14)18-8-4-6-15-5-3-7-17(15)18;1-7(2,3)9-8(4,5)6;;;/h2*3-13H,1-2H3;1-6H3;2*1H3;. The van der Waals surface area contributed by atoms with E-state index < -0.39 is 22.6 Å². The van der Waals surface area contributed by atoms with Crippen molar-refractivity contribution in [2.75, 3.05) is 0 Å². The van der Waals surface area contributed by atoms with Gasteiger partial charge in [0, 0.05) is 0 Å². The fraction of sp³-hybridized carbons (Fsp3) is 0.391. The summed E-state index contributed by atoms with van der Waals surface area (Å²) in [7, 11) is 0. The Balaban J connectivity index is 1.59. The van der Waals surface area contributed by atoms with Crippen LogP contribution in [0.2, 0.25) is 19.4 Å². The van der Waals surface area contributed by atoms with E-state index in [1.165, 1.54) is 44.5 Å². The summed E-state index contributed by atoms with van der Waals surface area (Å²) in [5.41, 5.74) is 13.4. The number of allylic oxidation sites excluding steroid dienone is 2. The normalized spacial score (nSPS) is 17.7. The molecule has 0 aliphatic heterocycles. The van der Waals surface area contributed by atoms with Gasteiger partial charge in [-0.3, -0.25) is 0 Å². The average Bonchev–Trinajstić information content (AvgIpc) is 3.66. The fourth-order valence-corrected chi connectivity index (χ4v) is 95.3. The van der Waals surface area contributed by atoms with E-state index in [-0.39, 0.29) is 10.1 Å². The summed E-state index contributed by atoms with van der Waals surface area (Å²) in [4.78, 5) is 0. The second kappa shape index (κ2) is 12.3. The number of hydrogen-bond donors (Lipinski definition) is 0. The summed E-state index contributed by atoms with van der Waals surface area (Å²) in [5.74, 6) is 1.08. The van der Waals surface area contributed by atoms with Gasteiger partial charge in [0.1, 0.15) is 0 Å². The summed E-state index contributed by atoms with van der Waals surface area (Å²) in [6, 6.07) is 33.1. The molecule has 2 heteroatoms. The van der Waals surface area contributed by atoms with E-state index in [9.17, 15) is 0 Å². The van der Waals surface area contributed by atoms with E-state index in [0.717, 1.165) is 0 Å². The van der Waals surface area contributed by atoms with Crippen molar-refractivity contribution in [2.45, 2.75) is 108 Å². The zero-order valence-corrected chi connectivity index (χ0v) is 36.3. The van der Waals surface area contributed by atoms with Gasteiger partial charge >= 0.3 is 295 Å². The predicted molar refractivity (Wildman–Crippen MR) is 212 cm³/mol. The van der Waals surface area contributed by atoms with Crippen molar-refractivity contribution in [2.24, 2.45) is 0 Å². The van der Waals surface area contributed by atoms with Crippen molar-refractivity contribution >= 4 is 17.6 Å². The number of benzene rings is 4. The van der Waals surface area contributed by atoms with Crippen molar-refractivity contribution < 1.29 is 17.1 Å². The molecular formula is C46H58HfSi. The molecule has 0 saturated heterocycles.